The van der Waals surface area contributed by atoms with Crippen LogP contribution in [0.5, 0.6) is 0 Å². The summed E-state index contributed by atoms with van der Waals surface area (Å²) < 4.78 is 41.1. The SMILES string of the molecule is O=c1[nH]c(-n2cccn2)nc2ccc(-c3ccccc3C(F)(F)F)cc12. The van der Waals surface area contributed by atoms with E-state index in [0.717, 1.165) is 6.07 Å². The summed E-state index contributed by atoms with van der Waals surface area (Å²) in [5.41, 5.74) is -0.529. The molecule has 0 fully saturated rings. The fraction of sp³-hybridized carbons (Fsp3) is 0.0556. The fourth-order valence-corrected chi connectivity index (χ4v) is 2.78. The topological polar surface area (TPSA) is 63.6 Å². The minimum atomic E-state index is -4.49. The van der Waals surface area contributed by atoms with E-state index in [1.54, 1.807) is 18.5 Å². The minimum Gasteiger partial charge on any atom is -0.290 e. The molecule has 8 heteroatoms. The van der Waals surface area contributed by atoms with E-state index < -0.39 is 17.3 Å². The van der Waals surface area contributed by atoms with Crippen LogP contribution in [-0.4, -0.2) is 19.7 Å². The molecule has 0 unspecified atom stereocenters. The summed E-state index contributed by atoms with van der Waals surface area (Å²) in [5.74, 6) is 0.232. The van der Waals surface area contributed by atoms with Gasteiger partial charge in [-0.15, -0.1) is 0 Å². The van der Waals surface area contributed by atoms with E-state index >= 15 is 0 Å². The van der Waals surface area contributed by atoms with Crippen molar-refractivity contribution in [3.05, 3.63) is 76.8 Å². The predicted octanol–water partition coefficient (Wildman–Crippen LogP) is 3.79. The van der Waals surface area contributed by atoms with E-state index in [0.29, 0.717) is 11.1 Å². The van der Waals surface area contributed by atoms with E-state index in [1.165, 1.54) is 41.1 Å². The zero-order valence-electron chi connectivity index (χ0n) is 13.2. The third-order valence-corrected chi connectivity index (χ3v) is 3.96. The number of nitrogens with one attached hydrogen (secondary N) is 1. The minimum absolute atomic E-state index is 0.0115. The van der Waals surface area contributed by atoms with Crippen LogP contribution in [0.2, 0.25) is 0 Å². The summed E-state index contributed by atoms with van der Waals surface area (Å²) >= 11 is 0. The van der Waals surface area contributed by atoms with E-state index in [-0.39, 0.29) is 16.9 Å². The Morgan fingerprint density at radius 2 is 1.85 bits per heavy atom. The van der Waals surface area contributed by atoms with Crippen LogP contribution in [-0.2, 0) is 6.18 Å². The molecule has 0 atom stereocenters. The number of alkyl halides is 3. The summed E-state index contributed by atoms with van der Waals surface area (Å²) in [4.78, 5) is 19.3. The van der Waals surface area contributed by atoms with E-state index in [4.69, 9.17) is 0 Å². The number of benzene rings is 2. The van der Waals surface area contributed by atoms with Crippen molar-refractivity contribution in [2.75, 3.05) is 0 Å². The van der Waals surface area contributed by atoms with Crippen LogP contribution < -0.4 is 5.56 Å². The van der Waals surface area contributed by atoms with Crippen LogP contribution in [0.25, 0.3) is 28.0 Å². The van der Waals surface area contributed by atoms with Gasteiger partial charge < -0.3 is 0 Å². The molecular formula is C18H11F3N4O. The van der Waals surface area contributed by atoms with Crippen molar-refractivity contribution in [3.63, 3.8) is 0 Å². The Labute approximate surface area is 144 Å². The van der Waals surface area contributed by atoms with Gasteiger partial charge in [0.15, 0.2) is 0 Å². The number of aromatic amines is 1. The molecule has 0 amide bonds. The molecular weight excluding hydrogens is 345 g/mol. The summed E-state index contributed by atoms with van der Waals surface area (Å²) in [6.45, 7) is 0. The normalized spacial score (nSPS) is 11.8. The average molecular weight is 356 g/mol. The van der Waals surface area contributed by atoms with Gasteiger partial charge in [-0.1, -0.05) is 24.3 Å². The van der Waals surface area contributed by atoms with Crippen LogP contribution in [0.15, 0.2) is 65.7 Å². The zero-order valence-corrected chi connectivity index (χ0v) is 13.2. The summed E-state index contributed by atoms with van der Waals surface area (Å²) in [6.07, 6.45) is -1.32. The van der Waals surface area contributed by atoms with Gasteiger partial charge in [0.25, 0.3) is 5.56 Å². The molecule has 0 aliphatic heterocycles. The molecule has 0 saturated carbocycles. The third-order valence-electron chi connectivity index (χ3n) is 3.96. The van der Waals surface area contributed by atoms with Gasteiger partial charge in [0.05, 0.1) is 16.5 Å². The average Bonchev–Trinajstić information content (AvgIpc) is 3.15. The second-order valence-corrected chi connectivity index (χ2v) is 5.62. The first-order valence-electron chi connectivity index (χ1n) is 7.64. The molecule has 0 bridgehead atoms. The molecule has 4 rings (SSSR count). The van der Waals surface area contributed by atoms with Gasteiger partial charge in [0, 0.05) is 12.4 Å². The molecule has 2 heterocycles. The van der Waals surface area contributed by atoms with E-state index in [1.807, 2.05) is 0 Å². The van der Waals surface area contributed by atoms with E-state index in [9.17, 15) is 18.0 Å². The largest absolute Gasteiger partial charge is 0.417 e. The van der Waals surface area contributed by atoms with Crippen LogP contribution >= 0.6 is 0 Å². The first-order valence-corrected chi connectivity index (χ1v) is 7.64. The van der Waals surface area contributed by atoms with Gasteiger partial charge in [-0.3, -0.25) is 9.78 Å². The lowest BCUT2D eigenvalue weighted by atomic mass is 9.98. The van der Waals surface area contributed by atoms with Crippen molar-refractivity contribution in [3.8, 4) is 17.1 Å². The number of hydrogen-bond acceptors (Lipinski definition) is 3. The molecule has 1 N–H and O–H groups in total. The molecule has 0 aliphatic rings. The first-order chi connectivity index (χ1) is 12.4. The molecule has 130 valence electrons. The predicted molar refractivity (Wildman–Crippen MR) is 89.9 cm³/mol. The lowest BCUT2D eigenvalue weighted by molar-refractivity contribution is -0.137. The molecule has 4 aromatic rings. The van der Waals surface area contributed by atoms with Crippen LogP contribution in [0.4, 0.5) is 13.2 Å². The Kier molecular flexibility index (Phi) is 3.61. The van der Waals surface area contributed by atoms with Gasteiger partial charge in [-0.2, -0.15) is 18.3 Å². The Hall–Kier alpha value is -3.42. The molecule has 26 heavy (non-hydrogen) atoms. The van der Waals surface area contributed by atoms with Crippen molar-refractivity contribution in [2.45, 2.75) is 6.18 Å². The number of rotatable bonds is 2. The Morgan fingerprint density at radius 1 is 1.04 bits per heavy atom. The maximum absolute atomic E-state index is 13.2. The lowest BCUT2D eigenvalue weighted by Crippen LogP contribution is -2.14. The molecule has 2 aromatic carbocycles. The van der Waals surface area contributed by atoms with Crippen molar-refractivity contribution in [1.29, 1.82) is 0 Å². The van der Waals surface area contributed by atoms with Crippen molar-refractivity contribution in [1.82, 2.24) is 19.7 Å². The molecule has 0 aliphatic carbocycles. The highest BCUT2D eigenvalue weighted by Gasteiger charge is 2.33. The van der Waals surface area contributed by atoms with Crippen molar-refractivity contribution < 1.29 is 13.2 Å². The Morgan fingerprint density at radius 3 is 2.58 bits per heavy atom. The van der Waals surface area contributed by atoms with Crippen molar-refractivity contribution >= 4 is 10.9 Å². The first kappa shape index (κ1) is 16.1. The molecule has 0 radical (unpaired) electrons. The summed E-state index contributed by atoms with van der Waals surface area (Å²) in [6, 6.07) is 11.4. The van der Waals surface area contributed by atoms with Gasteiger partial charge >= 0.3 is 6.18 Å². The summed E-state index contributed by atoms with van der Waals surface area (Å²) in [5, 5.41) is 4.20. The van der Waals surface area contributed by atoms with Gasteiger partial charge in [0.2, 0.25) is 5.95 Å². The maximum Gasteiger partial charge on any atom is 0.417 e. The lowest BCUT2D eigenvalue weighted by Gasteiger charge is -2.13. The Bertz CT molecular complexity index is 1150. The zero-order chi connectivity index (χ0) is 18.3. The van der Waals surface area contributed by atoms with Gasteiger partial charge in [0.1, 0.15) is 0 Å². The van der Waals surface area contributed by atoms with Crippen LogP contribution in [0.1, 0.15) is 5.56 Å². The molecule has 5 nitrogen and oxygen atoms in total. The van der Waals surface area contributed by atoms with Crippen LogP contribution in [0.3, 0.4) is 0 Å². The monoisotopic (exact) mass is 356 g/mol. The highest BCUT2D eigenvalue weighted by molar-refractivity contribution is 5.84. The fourth-order valence-electron chi connectivity index (χ4n) is 2.78. The van der Waals surface area contributed by atoms with Gasteiger partial charge in [-0.05, 0) is 35.4 Å². The number of fused-ring (bicyclic) bond motifs is 1. The number of nitrogens with zero attached hydrogens (tertiary/aromatic N) is 3. The number of aromatic nitrogens is 4. The molecule has 2 aromatic heterocycles. The van der Waals surface area contributed by atoms with Crippen molar-refractivity contribution in [2.24, 2.45) is 0 Å². The Balaban J connectivity index is 1.89. The second kappa shape index (κ2) is 5.83. The standard InChI is InChI=1S/C18H11F3N4O/c19-18(20,21)14-5-2-1-4-12(14)11-6-7-15-13(10-11)16(26)24-17(23-15)25-9-3-8-22-25/h1-10H,(H,23,24,26). The van der Waals surface area contributed by atoms with Crippen LogP contribution in [0, 0.1) is 0 Å². The smallest absolute Gasteiger partial charge is 0.290 e. The molecule has 0 saturated heterocycles. The highest BCUT2D eigenvalue weighted by atomic mass is 19.4. The number of halogens is 3. The number of H-pyrrole nitrogens is 1. The highest BCUT2D eigenvalue weighted by Crippen LogP contribution is 2.37. The second-order valence-electron chi connectivity index (χ2n) is 5.62. The quantitative estimate of drug-likeness (QED) is 0.594. The maximum atomic E-state index is 13.2. The summed E-state index contributed by atoms with van der Waals surface area (Å²) in [7, 11) is 0. The van der Waals surface area contributed by atoms with Gasteiger partial charge in [-0.25, -0.2) is 9.67 Å². The van der Waals surface area contributed by atoms with E-state index in [2.05, 4.69) is 15.1 Å². The third kappa shape index (κ3) is 2.75. The number of hydrogen-bond donors (Lipinski definition) is 1. The molecule has 0 spiro atoms.